The van der Waals surface area contributed by atoms with Gasteiger partial charge >= 0.3 is 0 Å². The lowest BCUT2D eigenvalue weighted by molar-refractivity contribution is 0.101. The summed E-state index contributed by atoms with van der Waals surface area (Å²) in [5.41, 5.74) is 6.07. The predicted octanol–water partition coefficient (Wildman–Crippen LogP) is 3.20. The summed E-state index contributed by atoms with van der Waals surface area (Å²) < 4.78 is 18.6. The molecule has 0 radical (unpaired) electrons. The third-order valence-corrected chi connectivity index (χ3v) is 4.33. The Morgan fingerprint density at radius 1 is 1.50 bits per heavy atom. The predicted molar refractivity (Wildman–Crippen MR) is 73.3 cm³/mol. The third kappa shape index (κ3) is 4.59. The van der Waals surface area contributed by atoms with Gasteiger partial charge in [-0.15, -0.1) is 11.8 Å². The molecule has 1 fully saturated rings. The first kappa shape index (κ1) is 13.8. The number of ether oxygens (including phenoxy) is 1. The Balaban J connectivity index is 1.66. The van der Waals surface area contributed by atoms with Crippen LogP contribution in [0.3, 0.4) is 0 Å². The molecule has 0 aromatic heterocycles. The number of halogens is 1. The van der Waals surface area contributed by atoms with Crippen molar-refractivity contribution in [2.75, 3.05) is 12.4 Å². The number of hydrogen-bond donors (Lipinski definition) is 1. The largest absolute Gasteiger partial charge is 0.378 e. The minimum Gasteiger partial charge on any atom is -0.378 e. The first-order valence-corrected chi connectivity index (χ1v) is 7.48. The van der Waals surface area contributed by atoms with Gasteiger partial charge in [-0.3, -0.25) is 0 Å². The zero-order chi connectivity index (χ0) is 12.8. The molecule has 1 saturated heterocycles. The molecular weight excluding hydrogens is 249 g/mol. The van der Waals surface area contributed by atoms with Gasteiger partial charge in [0, 0.05) is 23.3 Å². The zero-order valence-corrected chi connectivity index (χ0v) is 11.3. The van der Waals surface area contributed by atoms with Gasteiger partial charge in [-0.1, -0.05) is 6.07 Å². The van der Waals surface area contributed by atoms with E-state index in [9.17, 15) is 4.39 Å². The summed E-state index contributed by atoms with van der Waals surface area (Å²) in [7, 11) is 0. The molecule has 2 atom stereocenters. The molecule has 0 aliphatic carbocycles. The number of nitrogens with two attached hydrogens (primary N) is 1. The standard InChI is InChI=1S/C14H20FNOS/c15-11-3-1-5-14(9-11)18-10-12(16)6-7-13-4-2-8-17-13/h1,3,5,9,12-13H,2,4,6-8,10,16H2. The summed E-state index contributed by atoms with van der Waals surface area (Å²) in [6.07, 6.45) is 4.79. The van der Waals surface area contributed by atoms with Crippen LogP contribution in [0.15, 0.2) is 29.2 Å². The van der Waals surface area contributed by atoms with E-state index >= 15 is 0 Å². The van der Waals surface area contributed by atoms with Crippen molar-refractivity contribution in [1.82, 2.24) is 0 Å². The summed E-state index contributed by atoms with van der Waals surface area (Å²) in [4.78, 5) is 0.947. The Hall–Kier alpha value is -0.580. The fraction of sp³-hybridized carbons (Fsp3) is 0.571. The summed E-state index contributed by atoms with van der Waals surface area (Å²) in [5.74, 6) is 0.642. The molecular formula is C14H20FNOS. The Morgan fingerprint density at radius 3 is 3.11 bits per heavy atom. The van der Waals surface area contributed by atoms with Crippen molar-refractivity contribution in [2.45, 2.75) is 42.7 Å². The number of rotatable bonds is 6. The summed E-state index contributed by atoms with van der Waals surface area (Å²) in [6, 6.07) is 6.82. The molecule has 2 unspecified atom stereocenters. The highest BCUT2D eigenvalue weighted by Gasteiger charge is 2.16. The highest BCUT2D eigenvalue weighted by Crippen LogP contribution is 2.22. The van der Waals surface area contributed by atoms with Gasteiger partial charge < -0.3 is 10.5 Å². The number of thioether (sulfide) groups is 1. The normalized spacial score (nSPS) is 21.1. The van der Waals surface area contributed by atoms with Crippen molar-refractivity contribution in [3.63, 3.8) is 0 Å². The van der Waals surface area contributed by atoms with Gasteiger partial charge in [0.15, 0.2) is 0 Å². The molecule has 0 bridgehead atoms. The van der Waals surface area contributed by atoms with Crippen LogP contribution in [0.5, 0.6) is 0 Å². The van der Waals surface area contributed by atoms with E-state index in [2.05, 4.69) is 0 Å². The summed E-state index contributed by atoms with van der Waals surface area (Å²) in [5, 5.41) is 0. The Labute approximate surface area is 112 Å². The number of benzene rings is 1. The van der Waals surface area contributed by atoms with Crippen LogP contribution in [0, 0.1) is 5.82 Å². The minimum atomic E-state index is -0.187. The van der Waals surface area contributed by atoms with E-state index in [0.717, 1.165) is 30.1 Å². The first-order chi connectivity index (χ1) is 8.74. The molecule has 2 nitrogen and oxygen atoms in total. The van der Waals surface area contributed by atoms with Crippen molar-refractivity contribution in [3.8, 4) is 0 Å². The molecule has 100 valence electrons. The van der Waals surface area contributed by atoms with Crippen molar-refractivity contribution in [1.29, 1.82) is 0 Å². The average molecular weight is 269 g/mol. The fourth-order valence-electron chi connectivity index (χ4n) is 2.12. The smallest absolute Gasteiger partial charge is 0.124 e. The van der Waals surface area contributed by atoms with Crippen LogP contribution in [0.2, 0.25) is 0 Å². The molecule has 18 heavy (non-hydrogen) atoms. The molecule has 2 rings (SSSR count). The molecule has 0 spiro atoms. The molecule has 1 aromatic rings. The van der Waals surface area contributed by atoms with E-state index < -0.39 is 0 Å². The van der Waals surface area contributed by atoms with E-state index in [1.165, 1.54) is 18.9 Å². The monoisotopic (exact) mass is 269 g/mol. The number of hydrogen-bond acceptors (Lipinski definition) is 3. The molecule has 0 saturated carbocycles. The lowest BCUT2D eigenvalue weighted by Gasteiger charge is -2.14. The van der Waals surface area contributed by atoms with Crippen LogP contribution in [-0.4, -0.2) is 24.5 Å². The molecule has 2 N–H and O–H groups in total. The van der Waals surface area contributed by atoms with Gasteiger partial charge in [0.1, 0.15) is 5.82 Å². The Kier molecular flexibility index (Phi) is 5.47. The van der Waals surface area contributed by atoms with Crippen LogP contribution < -0.4 is 5.73 Å². The van der Waals surface area contributed by atoms with Gasteiger partial charge in [0.2, 0.25) is 0 Å². The SMILES string of the molecule is NC(CCC1CCCO1)CSc1cccc(F)c1. The fourth-order valence-corrected chi connectivity index (χ4v) is 3.06. The van der Waals surface area contributed by atoms with Gasteiger partial charge in [-0.25, -0.2) is 4.39 Å². The maximum absolute atomic E-state index is 13.0. The van der Waals surface area contributed by atoms with E-state index in [1.807, 2.05) is 6.07 Å². The van der Waals surface area contributed by atoms with E-state index in [-0.39, 0.29) is 11.9 Å². The molecule has 1 aromatic carbocycles. The van der Waals surface area contributed by atoms with E-state index in [4.69, 9.17) is 10.5 Å². The molecule has 1 heterocycles. The van der Waals surface area contributed by atoms with Crippen molar-refractivity contribution in [3.05, 3.63) is 30.1 Å². The minimum absolute atomic E-state index is 0.155. The lowest BCUT2D eigenvalue weighted by atomic mass is 10.1. The Morgan fingerprint density at radius 2 is 2.39 bits per heavy atom. The van der Waals surface area contributed by atoms with Gasteiger partial charge in [-0.05, 0) is 43.9 Å². The summed E-state index contributed by atoms with van der Waals surface area (Å²) >= 11 is 1.62. The lowest BCUT2D eigenvalue weighted by Crippen LogP contribution is -2.24. The maximum atomic E-state index is 13.0. The second kappa shape index (κ2) is 7.12. The van der Waals surface area contributed by atoms with Crippen LogP contribution >= 0.6 is 11.8 Å². The van der Waals surface area contributed by atoms with Crippen molar-refractivity contribution < 1.29 is 9.13 Å². The van der Waals surface area contributed by atoms with Crippen LogP contribution in [0.1, 0.15) is 25.7 Å². The zero-order valence-electron chi connectivity index (χ0n) is 10.5. The van der Waals surface area contributed by atoms with Gasteiger partial charge in [0.25, 0.3) is 0 Å². The van der Waals surface area contributed by atoms with Crippen LogP contribution in [0.25, 0.3) is 0 Å². The third-order valence-electron chi connectivity index (χ3n) is 3.14. The first-order valence-electron chi connectivity index (χ1n) is 6.49. The van der Waals surface area contributed by atoms with Crippen LogP contribution in [-0.2, 0) is 4.74 Å². The molecule has 4 heteroatoms. The summed E-state index contributed by atoms with van der Waals surface area (Å²) in [6.45, 7) is 0.901. The molecule has 0 amide bonds. The maximum Gasteiger partial charge on any atom is 0.124 e. The quantitative estimate of drug-likeness (QED) is 0.805. The van der Waals surface area contributed by atoms with Crippen molar-refractivity contribution in [2.24, 2.45) is 5.73 Å². The van der Waals surface area contributed by atoms with Crippen LogP contribution in [0.4, 0.5) is 4.39 Å². The van der Waals surface area contributed by atoms with Gasteiger partial charge in [-0.2, -0.15) is 0 Å². The van der Waals surface area contributed by atoms with E-state index in [0.29, 0.717) is 6.10 Å². The van der Waals surface area contributed by atoms with Crippen molar-refractivity contribution >= 4 is 11.8 Å². The second-order valence-corrected chi connectivity index (χ2v) is 5.83. The highest BCUT2D eigenvalue weighted by atomic mass is 32.2. The molecule has 1 aliphatic rings. The highest BCUT2D eigenvalue weighted by molar-refractivity contribution is 7.99. The topological polar surface area (TPSA) is 35.2 Å². The van der Waals surface area contributed by atoms with E-state index in [1.54, 1.807) is 23.9 Å². The average Bonchev–Trinajstić information content (AvgIpc) is 2.87. The molecule has 1 aliphatic heterocycles. The van der Waals surface area contributed by atoms with Gasteiger partial charge in [0.05, 0.1) is 6.10 Å². The second-order valence-electron chi connectivity index (χ2n) is 4.74. The Bertz CT molecular complexity index is 369.